The lowest BCUT2D eigenvalue weighted by Crippen LogP contribution is -2.26. The zero-order valence-electron chi connectivity index (χ0n) is 17.4. The molecule has 1 aromatic carbocycles. The van der Waals surface area contributed by atoms with Crippen LogP contribution in [0.1, 0.15) is 42.3 Å². The molecule has 8 nitrogen and oxygen atoms in total. The van der Waals surface area contributed by atoms with Gasteiger partial charge < -0.3 is 14.6 Å². The maximum Gasteiger partial charge on any atom is 0.416 e. The van der Waals surface area contributed by atoms with Crippen molar-refractivity contribution in [1.29, 1.82) is 0 Å². The van der Waals surface area contributed by atoms with Crippen molar-refractivity contribution in [1.82, 2.24) is 19.2 Å². The minimum absolute atomic E-state index is 0.156. The van der Waals surface area contributed by atoms with Gasteiger partial charge in [0.2, 0.25) is 11.7 Å². The van der Waals surface area contributed by atoms with E-state index in [4.69, 9.17) is 4.74 Å². The Kier molecular flexibility index (Phi) is 5.28. The van der Waals surface area contributed by atoms with Gasteiger partial charge in [0, 0.05) is 17.4 Å². The third-order valence-corrected chi connectivity index (χ3v) is 5.67. The first-order chi connectivity index (χ1) is 15.8. The molecule has 0 unspecified atom stereocenters. The zero-order chi connectivity index (χ0) is 23.2. The van der Waals surface area contributed by atoms with Crippen LogP contribution in [0, 0.1) is 0 Å². The summed E-state index contributed by atoms with van der Waals surface area (Å²) in [6.07, 6.45) is -0.158. The normalized spacial score (nSPS) is 16.6. The molecule has 11 heteroatoms. The van der Waals surface area contributed by atoms with E-state index in [-0.39, 0.29) is 29.5 Å². The highest BCUT2D eigenvalue weighted by atomic mass is 19.4. The fourth-order valence-corrected chi connectivity index (χ4v) is 3.84. The first kappa shape index (κ1) is 21.4. The summed E-state index contributed by atoms with van der Waals surface area (Å²) in [5.41, 5.74) is 0.704. The van der Waals surface area contributed by atoms with Crippen molar-refractivity contribution in [2.45, 2.75) is 37.9 Å². The van der Waals surface area contributed by atoms with Crippen LogP contribution in [0.5, 0.6) is 0 Å². The van der Waals surface area contributed by atoms with Gasteiger partial charge in [-0.15, -0.1) is 5.10 Å². The molecule has 1 N–H and O–H groups in total. The number of nitrogens with one attached hydrogen (secondary N) is 1. The summed E-state index contributed by atoms with van der Waals surface area (Å²) < 4.78 is 46.5. The highest BCUT2D eigenvalue weighted by Crippen LogP contribution is 2.40. The molecule has 1 aliphatic heterocycles. The number of fused-ring (bicyclic) bond motifs is 1. The Bertz CT molecular complexity index is 1300. The Balaban J connectivity index is 1.46. The Hall–Kier alpha value is -3.47. The second kappa shape index (κ2) is 8.14. The van der Waals surface area contributed by atoms with Crippen molar-refractivity contribution in [3.05, 3.63) is 63.8 Å². The molecule has 3 aromatic rings. The molecule has 1 aliphatic carbocycles. The topological polar surface area (TPSA) is 90.5 Å². The summed E-state index contributed by atoms with van der Waals surface area (Å²) in [6, 6.07) is 5.71. The van der Waals surface area contributed by atoms with Crippen LogP contribution in [0.15, 0.2) is 41.2 Å². The van der Waals surface area contributed by atoms with Gasteiger partial charge in [0.05, 0.1) is 18.8 Å². The number of rotatable bonds is 5. The Morgan fingerprint density at radius 3 is 2.61 bits per heavy atom. The molecule has 1 fully saturated rings. The van der Waals surface area contributed by atoms with E-state index >= 15 is 0 Å². The molecule has 172 valence electrons. The monoisotopic (exact) mass is 459 g/mol. The Morgan fingerprint density at radius 1 is 1.21 bits per heavy atom. The molecular formula is C22H20F3N5O3. The van der Waals surface area contributed by atoms with Gasteiger partial charge in [-0.2, -0.15) is 22.7 Å². The summed E-state index contributed by atoms with van der Waals surface area (Å²) in [5.74, 6) is 0.385. The molecule has 0 radical (unpaired) electrons. The van der Waals surface area contributed by atoms with E-state index in [1.807, 2.05) is 6.08 Å². The molecule has 0 atom stereocenters. The average molecular weight is 459 g/mol. The first-order valence-corrected chi connectivity index (χ1v) is 10.5. The largest absolute Gasteiger partial charge is 0.416 e. The number of nitrogens with zero attached hydrogens (tertiary/aromatic N) is 4. The second-order valence-corrected chi connectivity index (χ2v) is 8.09. The Labute approximate surface area is 185 Å². The molecule has 1 amide bonds. The molecule has 2 aromatic heterocycles. The van der Waals surface area contributed by atoms with Gasteiger partial charge >= 0.3 is 6.18 Å². The number of aromatic nitrogens is 4. The van der Waals surface area contributed by atoms with Crippen molar-refractivity contribution >= 4 is 22.9 Å². The van der Waals surface area contributed by atoms with Crippen LogP contribution in [0.3, 0.4) is 0 Å². The molecule has 0 spiro atoms. The van der Waals surface area contributed by atoms with Gasteiger partial charge in [0.15, 0.2) is 5.82 Å². The van der Waals surface area contributed by atoms with Crippen LogP contribution in [0.2, 0.25) is 0 Å². The van der Waals surface area contributed by atoms with E-state index in [2.05, 4.69) is 15.4 Å². The smallest absolute Gasteiger partial charge is 0.377 e. The molecule has 0 bridgehead atoms. The van der Waals surface area contributed by atoms with E-state index in [1.54, 1.807) is 4.57 Å². The summed E-state index contributed by atoms with van der Waals surface area (Å²) >= 11 is 0. The van der Waals surface area contributed by atoms with Crippen LogP contribution in [0.25, 0.3) is 11.4 Å². The van der Waals surface area contributed by atoms with Crippen molar-refractivity contribution in [3.8, 4) is 0 Å². The molecule has 3 heterocycles. The lowest BCUT2D eigenvalue weighted by atomic mass is 10.1. The first-order valence-electron chi connectivity index (χ1n) is 10.5. The van der Waals surface area contributed by atoms with E-state index in [0.29, 0.717) is 31.2 Å². The molecule has 0 saturated heterocycles. The summed E-state index contributed by atoms with van der Waals surface area (Å²) in [4.78, 5) is 30.0. The molecule has 5 rings (SSSR count). The molecule has 33 heavy (non-hydrogen) atoms. The van der Waals surface area contributed by atoms with Crippen LogP contribution in [-0.4, -0.2) is 38.3 Å². The predicted molar refractivity (Wildman–Crippen MR) is 113 cm³/mol. The minimum atomic E-state index is -4.45. The predicted octanol–water partition coefficient (Wildman–Crippen LogP) is 3.23. The van der Waals surface area contributed by atoms with Gasteiger partial charge in [-0.25, -0.2) is 0 Å². The van der Waals surface area contributed by atoms with E-state index in [9.17, 15) is 22.8 Å². The van der Waals surface area contributed by atoms with Crippen molar-refractivity contribution in [2.75, 3.05) is 18.5 Å². The fraction of sp³-hybridized carbons (Fsp3) is 0.364. The number of ether oxygens (including phenoxy) is 1. The van der Waals surface area contributed by atoms with E-state index in [0.717, 1.165) is 30.5 Å². The molecule has 1 saturated carbocycles. The van der Waals surface area contributed by atoms with Crippen molar-refractivity contribution < 1.29 is 22.7 Å². The number of alkyl halides is 3. The van der Waals surface area contributed by atoms with Gasteiger partial charge in [-0.05, 0) is 55.0 Å². The highest BCUT2D eigenvalue weighted by molar-refractivity contribution is 5.90. The van der Waals surface area contributed by atoms with E-state index < -0.39 is 17.6 Å². The molecular weight excluding hydrogens is 439 g/mol. The van der Waals surface area contributed by atoms with Crippen molar-refractivity contribution in [3.63, 3.8) is 0 Å². The third-order valence-electron chi connectivity index (χ3n) is 5.67. The maximum absolute atomic E-state index is 12.8. The molecule has 2 aliphatic rings. The van der Waals surface area contributed by atoms with Gasteiger partial charge in [-0.1, -0.05) is 6.08 Å². The van der Waals surface area contributed by atoms with Gasteiger partial charge in [-0.3, -0.25) is 9.59 Å². The van der Waals surface area contributed by atoms with Gasteiger partial charge in [0.25, 0.3) is 5.56 Å². The second-order valence-electron chi connectivity index (χ2n) is 8.09. The number of anilines is 1. The summed E-state index contributed by atoms with van der Waals surface area (Å²) in [6.45, 7) is 0.823. The summed E-state index contributed by atoms with van der Waals surface area (Å²) in [5, 5.41) is 6.97. The van der Waals surface area contributed by atoms with Crippen LogP contribution in [0.4, 0.5) is 18.9 Å². The van der Waals surface area contributed by atoms with Gasteiger partial charge in [0.1, 0.15) is 6.54 Å². The third kappa shape index (κ3) is 4.40. The fourth-order valence-electron chi connectivity index (χ4n) is 3.84. The number of hydrogen-bond donors (Lipinski definition) is 1. The SMILES string of the molecule is O=C(Cn1c(C2CC2)cc(=O)n2nc(C3=CCOCC3)nc12)Nc1ccc(C(F)(F)F)cc1. The lowest BCUT2D eigenvalue weighted by molar-refractivity contribution is -0.137. The highest BCUT2D eigenvalue weighted by Gasteiger charge is 2.31. The summed E-state index contributed by atoms with van der Waals surface area (Å²) in [7, 11) is 0. The lowest BCUT2D eigenvalue weighted by Gasteiger charge is -2.14. The zero-order valence-corrected chi connectivity index (χ0v) is 17.4. The quantitative estimate of drug-likeness (QED) is 0.633. The average Bonchev–Trinajstić information content (AvgIpc) is 3.53. The standard InChI is InChI=1S/C22H20F3N5O3/c23-22(24,25)15-3-5-16(6-4-15)26-18(31)12-29-17(13-1-2-13)11-19(32)30-21(29)27-20(28-30)14-7-9-33-10-8-14/h3-7,11,13H,1-2,8-10,12H2,(H,26,31). The number of hydrogen-bond acceptors (Lipinski definition) is 5. The number of benzene rings is 1. The Morgan fingerprint density at radius 2 is 1.97 bits per heavy atom. The van der Waals surface area contributed by atoms with Crippen LogP contribution in [-0.2, 0) is 22.3 Å². The van der Waals surface area contributed by atoms with E-state index in [1.165, 1.54) is 22.7 Å². The van der Waals surface area contributed by atoms with Crippen molar-refractivity contribution in [2.24, 2.45) is 0 Å². The number of carbonyl (C=O) groups is 1. The number of halogens is 3. The number of carbonyl (C=O) groups excluding carboxylic acids is 1. The minimum Gasteiger partial charge on any atom is -0.377 e. The van der Waals surface area contributed by atoms with Crippen LogP contribution >= 0.6 is 0 Å². The maximum atomic E-state index is 12.8. The van der Waals surface area contributed by atoms with Crippen LogP contribution < -0.4 is 10.9 Å². The number of amides is 1.